The molecule has 62 valence electrons. The number of carbonyl (C=O) groups is 1. The fraction of sp³-hybridized carbons (Fsp3) is 0.300. The van der Waals surface area contributed by atoms with Crippen molar-refractivity contribution in [3.63, 3.8) is 0 Å². The van der Waals surface area contributed by atoms with Crippen LogP contribution >= 0.6 is 0 Å². The molecule has 0 saturated carbocycles. The third kappa shape index (κ3) is 0.998. The van der Waals surface area contributed by atoms with Crippen LogP contribution in [0, 0.1) is 0 Å². The summed E-state index contributed by atoms with van der Waals surface area (Å²) in [5.41, 5.74) is 2.00. The highest BCUT2D eigenvalue weighted by molar-refractivity contribution is 5.96. The molecular formula is C10H11NO. The first-order chi connectivity index (χ1) is 5.79. The molecule has 0 aliphatic carbocycles. The van der Waals surface area contributed by atoms with Crippen LogP contribution in [0.1, 0.15) is 28.8 Å². The first kappa shape index (κ1) is 7.35. The SMILES string of the molecule is C[C@@H]1CNC(=O)c2ccccc21. The minimum atomic E-state index is 0.0590. The maximum atomic E-state index is 11.3. The van der Waals surface area contributed by atoms with E-state index in [4.69, 9.17) is 0 Å². The van der Waals surface area contributed by atoms with Gasteiger partial charge in [-0.3, -0.25) is 4.79 Å². The van der Waals surface area contributed by atoms with Gasteiger partial charge in [0.15, 0.2) is 0 Å². The number of benzene rings is 1. The minimum Gasteiger partial charge on any atom is -0.351 e. The van der Waals surface area contributed by atoms with Crippen LogP contribution in [0.4, 0.5) is 0 Å². The highest BCUT2D eigenvalue weighted by Crippen LogP contribution is 2.22. The molecule has 2 rings (SSSR count). The maximum Gasteiger partial charge on any atom is 0.251 e. The molecule has 1 atom stereocenters. The number of hydrogen-bond acceptors (Lipinski definition) is 1. The van der Waals surface area contributed by atoms with Crippen molar-refractivity contribution in [3.8, 4) is 0 Å². The fourth-order valence-electron chi connectivity index (χ4n) is 1.58. The van der Waals surface area contributed by atoms with Crippen molar-refractivity contribution in [1.29, 1.82) is 0 Å². The molecule has 0 spiro atoms. The first-order valence-corrected chi connectivity index (χ1v) is 4.16. The summed E-state index contributed by atoms with van der Waals surface area (Å²) in [7, 11) is 0. The highest BCUT2D eigenvalue weighted by Gasteiger charge is 2.20. The molecule has 1 N–H and O–H groups in total. The zero-order valence-corrected chi connectivity index (χ0v) is 7.00. The molecule has 2 heteroatoms. The Bertz CT molecular complexity index is 319. The average molecular weight is 161 g/mol. The largest absolute Gasteiger partial charge is 0.351 e. The van der Waals surface area contributed by atoms with Gasteiger partial charge in [-0.05, 0) is 17.5 Å². The van der Waals surface area contributed by atoms with Crippen LogP contribution in [0.3, 0.4) is 0 Å². The third-order valence-corrected chi connectivity index (χ3v) is 2.31. The Morgan fingerprint density at radius 1 is 1.42 bits per heavy atom. The quantitative estimate of drug-likeness (QED) is 0.614. The zero-order chi connectivity index (χ0) is 8.55. The van der Waals surface area contributed by atoms with Gasteiger partial charge in [-0.25, -0.2) is 0 Å². The number of amides is 1. The average Bonchev–Trinajstić information content (AvgIpc) is 2.12. The number of carbonyl (C=O) groups excluding carboxylic acids is 1. The van der Waals surface area contributed by atoms with E-state index >= 15 is 0 Å². The lowest BCUT2D eigenvalue weighted by Gasteiger charge is -2.22. The predicted octanol–water partition coefficient (Wildman–Crippen LogP) is 1.53. The van der Waals surface area contributed by atoms with E-state index in [-0.39, 0.29) is 5.91 Å². The van der Waals surface area contributed by atoms with Crippen molar-refractivity contribution in [3.05, 3.63) is 35.4 Å². The summed E-state index contributed by atoms with van der Waals surface area (Å²) in [6.07, 6.45) is 0. The second-order valence-corrected chi connectivity index (χ2v) is 3.20. The molecule has 12 heavy (non-hydrogen) atoms. The standard InChI is InChI=1S/C10H11NO/c1-7-6-11-10(12)9-5-3-2-4-8(7)9/h2-5,7H,6H2,1H3,(H,11,12)/t7-/m1/s1. The molecule has 0 saturated heterocycles. The molecule has 0 radical (unpaired) electrons. The van der Waals surface area contributed by atoms with Gasteiger partial charge in [0, 0.05) is 12.1 Å². The monoisotopic (exact) mass is 161 g/mol. The molecule has 0 fully saturated rings. The lowest BCUT2D eigenvalue weighted by Crippen LogP contribution is -2.33. The molecule has 1 aliphatic heterocycles. The summed E-state index contributed by atoms with van der Waals surface area (Å²) >= 11 is 0. The molecule has 1 aromatic rings. The Balaban J connectivity index is 2.55. The van der Waals surface area contributed by atoms with Gasteiger partial charge in [0.25, 0.3) is 5.91 Å². The lowest BCUT2D eigenvalue weighted by atomic mass is 9.92. The summed E-state index contributed by atoms with van der Waals surface area (Å²) in [6.45, 7) is 2.88. The molecule has 2 nitrogen and oxygen atoms in total. The highest BCUT2D eigenvalue weighted by atomic mass is 16.1. The summed E-state index contributed by atoms with van der Waals surface area (Å²) < 4.78 is 0. The molecule has 1 aromatic carbocycles. The second-order valence-electron chi connectivity index (χ2n) is 3.20. The van der Waals surface area contributed by atoms with Gasteiger partial charge in [0.05, 0.1) is 0 Å². The van der Waals surface area contributed by atoms with E-state index in [1.807, 2.05) is 24.3 Å². The van der Waals surface area contributed by atoms with Crippen LogP contribution in [-0.2, 0) is 0 Å². The summed E-state index contributed by atoms with van der Waals surface area (Å²) in [6, 6.07) is 7.78. The number of fused-ring (bicyclic) bond motifs is 1. The smallest absolute Gasteiger partial charge is 0.251 e. The van der Waals surface area contributed by atoms with Gasteiger partial charge in [-0.1, -0.05) is 25.1 Å². The van der Waals surface area contributed by atoms with Crippen LogP contribution in [-0.4, -0.2) is 12.5 Å². The van der Waals surface area contributed by atoms with Crippen molar-refractivity contribution in [2.45, 2.75) is 12.8 Å². The molecular weight excluding hydrogens is 150 g/mol. The zero-order valence-electron chi connectivity index (χ0n) is 7.00. The van der Waals surface area contributed by atoms with E-state index in [1.54, 1.807) is 0 Å². The Morgan fingerprint density at radius 2 is 2.17 bits per heavy atom. The maximum absolute atomic E-state index is 11.3. The van der Waals surface area contributed by atoms with Crippen molar-refractivity contribution in [1.82, 2.24) is 5.32 Å². The molecule has 0 aromatic heterocycles. The van der Waals surface area contributed by atoms with Crippen LogP contribution in [0.5, 0.6) is 0 Å². The van der Waals surface area contributed by atoms with Crippen molar-refractivity contribution >= 4 is 5.91 Å². The lowest BCUT2D eigenvalue weighted by molar-refractivity contribution is 0.0941. The summed E-state index contributed by atoms with van der Waals surface area (Å²) in [4.78, 5) is 11.3. The second kappa shape index (κ2) is 2.63. The molecule has 1 heterocycles. The van der Waals surface area contributed by atoms with Crippen LogP contribution < -0.4 is 5.32 Å². The Labute approximate surface area is 71.6 Å². The van der Waals surface area contributed by atoms with E-state index in [0.29, 0.717) is 5.92 Å². The van der Waals surface area contributed by atoms with E-state index < -0.39 is 0 Å². The van der Waals surface area contributed by atoms with E-state index in [2.05, 4.69) is 12.2 Å². The number of hydrogen-bond donors (Lipinski definition) is 1. The van der Waals surface area contributed by atoms with E-state index in [0.717, 1.165) is 12.1 Å². The predicted molar refractivity (Wildman–Crippen MR) is 47.2 cm³/mol. The first-order valence-electron chi connectivity index (χ1n) is 4.16. The topological polar surface area (TPSA) is 29.1 Å². The van der Waals surface area contributed by atoms with E-state index in [1.165, 1.54) is 5.56 Å². The van der Waals surface area contributed by atoms with Gasteiger partial charge in [-0.2, -0.15) is 0 Å². The number of rotatable bonds is 0. The van der Waals surface area contributed by atoms with E-state index in [9.17, 15) is 4.79 Å². The molecule has 1 amide bonds. The van der Waals surface area contributed by atoms with Gasteiger partial charge in [0.2, 0.25) is 0 Å². The Kier molecular flexibility index (Phi) is 1.61. The summed E-state index contributed by atoms with van der Waals surface area (Å²) in [5.74, 6) is 0.502. The normalized spacial score (nSPS) is 21.4. The molecule has 0 bridgehead atoms. The van der Waals surface area contributed by atoms with Gasteiger partial charge < -0.3 is 5.32 Å². The van der Waals surface area contributed by atoms with Crippen molar-refractivity contribution in [2.24, 2.45) is 0 Å². The van der Waals surface area contributed by atoms with Gasteiger partial charge >= 0.3 is 0 Å². The molecule has 1 aliphatic rings. The van der Waals surface area contributed by atoms with Crippen LogP contribution in [0.2, 0.25) is 0 Å². The Morgan fingerprint density at radius 3 is 2.92 bits per heavy atom. The summed E-state index contributed by atoms with van der Waals surface area (Å²) in [5, 5.41) is 2.85. The van der Waals surface area contributed by atoms with Gasteiger partial charge in [-0.15, -0.1) is 0 Å². The van der Waals surface area contributed by atoms with Crippen LogP contribution in [0.25, 0.3) is 0 Å². The van der Waals surface area contributed by atoms with Crippen molar-refractivity contribution < 1.29 is 4.79 Å². The van der Waals surface area contributed by atoms with Crippen LogP contribution in [0.15, 0.2) is 24.3 Å². The Hall–Kier alpha value is -1.31. The van der Waals surface area contributed by atoms with Gasteiger partial charge in [0.1, 0.15) is 0 Å². The fourth-order valence-corrected chi connectivity index (χ4v) is 1.58. The molecule has 0 unspecified atom stereocenters. The van der Waals surface area contributed by atoms with Crippen molar-refractivity contribution in [2.75, 3.05) is 6.54 Å². The minimum absolute atomic E-state index is 0.0590. The third-order valence-electron chi connectivity index (χ3n) is 2.31. The number of nitrogens with one attached hydrogen (secondary N) is 1.